The Balaban J connectivity index is 2.34. The molecule has 0 aliphatic rings. The van der Waals surface area contributed by atoms with E-state index in [1.54, 1.807) is 31.2 Å². The summed E-state index contributed by atoms with van der Waals surface area (Å²) in [5.41, 5.74) is 8.26. The first-order valence-electron chi connectivity index (χ1n) is 5.91. The van der Waals surface area contributed by atoms with E-state index in [9.17, 15) is 9.18 Å². The highest BCUT2D eigenvalue weighted by atomic mass is 19.1. The maximum Gasteiger partial charge on any atom is 0.257 e. The summed E-state index contributed by atoms with van der Waals surface area (Å²) in [6, 6.07) is 9.81. The van der Waals surface area contributed by atoms with Gasteiger partial charge in [0.2, 0.25) is 0 Å². The molecule has 0 fully saturated rings. The maximum absolute atomic E-state index is 13.7. The third kappa shape index (κ3) is 2.73. The number of aryl methyl sites for hydroxylation is 2. The summed E-state index contributed by atoms with van der Waals surface area (Å²) in [6.45, 7) is 3.60. The summed E-state index contributed by atoms with van der Waals surface area (Å²) >= 11 is 0. The minimum Gasteiger partial charge on any atom is -0.398 e. The van der Waals surface area contributed by atoms with Crippen LogP contribution in [-0.4, -0.2) is 5.91 Å². The largest absolute Gasteiger partial charge is 0.398 e. The number of amides is 1. The van der Waals surface area contributed by atoms with Crippen LogP contribution >= 0.6 is 0 Å². The topological polar surface area (TPSA) is 55.1 Å². The van der Waals surface area contributed by atoms with Crippen LogP contribution in [0.4, 0.5) is 15.8 Å². The van der Waals surface area contributed by atoms with Gasteiger partial charge in [-0.25, -0.2) is 4.39 Å². The molecule has 0 saturated heterocycles. The van der Waals surface area contributed by atoms with Crippen LogP contribution in [0.1, 0.15) is 21.5 Å². The predicted molar refractivity (Wildman–Crippen MR) is 74.7 cm³/mol. The number of carbonyl (C=O) groups excluding carboxylic acids is 1. The van der Waals surface area contributed by atoms with Gasteiger partial charge in [0.1, 0.15) is 5.82 Å². The third-order valence-electron chi connectivity index (χ3n) is 2.91. The second-order valence-corrected chi connectivity index (χ2v) is 4.48. The smallest absolute Gasteiger partial charge is 0.257 e. The van der Waals surface area contributed by atoms with Crippen molar-refractivity contribution in [1.29, 1.82) is 0 Å². The number of nitrogen functional groups attached to an aromatic ring is 1. The van der Waals surface area contributed by atoms with Crippen molar-refractivity contribution < 1.29 is 9.18 Å². The van der Waals surface area contributed by atoms with Crippen molar-refractivity contribution in [3.05, 3.63) is 58.9 Å². The standard InChI is InChI=1S/C15H15FN2O/c1-9-6-7-13(17)11(8-9)15(19)18-14-10(2)4-3-5-12(14)16/h3-8H,17H2,1-2H3,(H,18,19). The summed E-state index contributed by atoms with van der Waals surface area (Å²) in [4.78, 5) is 12.1. The molecular formula is C15H15FN2O. The quantitative estimate of drug-likeness (QED) is 0.812. The summed E-state index contributed by atoms with van der Waals surface area (Å²) < 4.78 is 13.7. The van der Waals surface area contributed by atoms with Crippen LogP contribution in [0.15, 0.2) is 36.4 Å². The lowest BCUT2D eigenvalue weighted by Gasteiger charge is -2.11. The van der Waals surface area contributed by atoms with Crippen LogP contribution in [0.2, 0.25) is 0 Å². The van der Waals surface area contributed by atoms with Crippen molar-refractivity contribution in [2.24, 2.45) is 0 Å². The number of hydrogen-bond donors (Lipinski definition) is 2. The van der Waals surface area contributed by atoms with E-state index in [-0.39, 0.29) is 5.69 Å². The molecular weight excluding hydrogens is 243 g/mol. The van der Waals surface area contributed by atoms with Crippen molar-refractivity contribution in [2.75, 3.05) is 11.1 Å². The van der Waals surface area contributed by atoms with E-state index in [1.807, 2.05) is 13.0 Å². The number of carbonyl (C=O) groups is 1. The van der Waals surface area contributed by atoms with E-state index >= 15 is 0 Å². The first-order chi connectivity index (χ1) is 8.99. The van der Waals surface area contributed by atoms with Gasteiger partial charge in [0.05, 0.1) is 11.3 Å². The molecule has 2 rings (SSSR count). The summed E-state index contributed by atoms with van der Waals surface area (Å²) in [5.74, 6) is -0.867. The third-order valence-corrected chi connectivity index (χ3v) is 2.91. The van der Waals surface area contributed by atoms with Crippen LogP contribution in [-0.2, 0) is 0 Å². The second-order valence-electron chi connectivity index (χ2n) is 4.48. The molecule has 0 radical (unpaired) electrons. The van der Waals surface area contributed by atoms with Gasteiger partial charge >= 0.3 is 0 Å². The van der Waals surface area contributed by atoms with Gasteiger partial charge in [-0.15, -0.1) is 0 Å². The van der Waals surface area contributed by atoms with Crippen molar-refractivity contribution in [1.82, 2.24) is 0 Å². The molecule has 1 amide bonds. The number of nitrogens with two attached hydrogens (primary N) is 1. The summed E-state index contributed by atoms with van der Waals surface area (Å²) in [5, 5.41) is 2.57. The zero-order valence-electron chi connectivity index (χ0n) is 10.8. The number of anilines is 2. The molecule has 2 aromatic rings. The second kappa shape index (κ2) is 5.10. The number of hydrogen-bond acceptors (Lipinski definition) is 2. The Labute approximate surface area is 111 Å². The van der Waals surface area contributed by atoms with Gasteiger partial charge in [0.25, 0.3) is 5.91 Å². The zero-order chi connectivity index (χ0) is 14.0. The fourth-order valence-electron chi connectivity index (χ4n) is 1.84. The van der Waals surface area contributed by atoms with Crippen molar-refractivity contribution in [3.8, 4) is 0 Å². The number of rotatable bonds is 2. The zero-order valence-corrected chi connectivity index (χ0v) is 10.8. The van der Waals surface area contributed by atoms with Crippen molar-refractivity contribution >= 4 is 17.3 Å². The van der Waals surface area contributed by atoms with E-state index in [4.69, 9.17) is 5.73 Å². The van der Waals surface area contributed by atoms with Gasteiger partial charge in [0.15, 0.2) is 0 Å². The van der Waals surface area contributed by atoms with E-state index < -0.39 is 11.7 Å². The molecule has 0 bridgehead atoms. The van der Waals surface area contributed by atoms with Gasteiger partial charge in [-0.3, -0.25) is 4.79 Å². The lowest BCUT2D eigenvalue weighted by Crippen LogP contribution is -2.16. The molecule has 0 atom stereocenters. The minimum atomic E-state index is -0.459. The maximum atomic E-state index is 13.7. The fourth-order valence-corrected chi connectivity index (χ4v) is 1.84. The molecule has 4 heteroatoms. The monoisotopic (exact) mass is 258 g/mol. The average molecular weight is 258 g/mol. The molecule has 0 spiro atoms. The predicted octanol–water partition coefficient (Wildman–Crippen LogP) is 3.28. The van der Waals surface area contributed by atoms with Crippen molar-refractivity contribution in [2.45, 2.75) is 13.8 Å². The van der Waals surface area contributed by atoms with Gasteiger partial charge in [-0.1, -0.05) is 23.8 Å². The number of para-hydroxylation sites is 1. The Morgan fingerprint density at radius 1 is 1.21 bits per heavy atom. The lowest BCUT2D eigenvalue weighted by atomic mass is 10.1. The molecule has 0 saturated carbocycles. The first-order valence-corrected chi connectivity index (χ1v) is 5.91. The molecule has 98 valence electrons. The summed E-state index contributed by atoms with van der Waals surface area (Å²) in [6.07, 6.45) is 0. The van der Waals surface area contributed by atoms with Gasteiger partial charge in [-0.2, -0.15) is 0 Å². The molecule has 0 aromatic heterocycles. The van der Waals surface area contributed by atoms with Crippen LogP contribution in [0.25, 0.3) is 0 Å². The highest BCUT2D eigenvalue weighted by Crippen LogP contribution is 2.21. The Hall–Kier alpha value is -2.36. The molecule has 2 aromatic carbocycles. The fraction of sp³-hybridized carbons (Fsp3) is 0.133. The summed E-state index contributed by atoms with van der Waals surface area (Å²) in [7, 11) is 0. The molecule has 0 unspecified atom stereocenters. The van der Waals surface area contributed by atoms with Gasteiger partial charge in [0, 0.05) is 5.69 Å². The Morgan fingerprint density at radius 2 is 1.95 bits per heavy atom. The molecule has 3 N–H and O–H groups in total. The molecule has 3 nitrogen and oxygen atoms in total. The highest BCUT2D eigenvalue weighted by Gasteiger charge is 2.13. The number of nitrogens with one attached hydrogen (secondary N) is 1. The lowest BCUT2D eigenvalue weighted by molar-refractivity contribution is 0.102. The number of benzene rings is 2. The van der Waals surface area contributed by atoms with Crippen molar-refractivity contribution in [3.63, 3.8) is 0 Å². The molecule has 0 heterocycles. The van der Waals surface area contributed by atoms with Crippen LogP contribution < -0.4 is 11.1 Å². The SMILES string of the molecule is Cc1ccc(N)c(C(=O)Nc2c(C)cccc2F)c1. The van der Waals surface area contributed by atoms with Crippen LogP contribution in [0, 0.1) is 19.7 Å². The van der Waals surface area contributed by atoms with Gasteiger partial charge in [-0.05, 0) is 37.6 Å². The number of halogens is 1. The normalized spacial score (nSPS) is 10.3. The first kappa shape index (κ1) is 13.1. The molecule has 0 aliphatic heterocycles. The van der Waals surface area contributed by atoms with Crippen LogP contribution in [0.3, 0.4) is 0 Å². The van der Waals surface area contributed by atoms with Gasteiger partial charge < -0.3 is 11.1 Å². The Kier molecular flexibility index (Phi) is 3.51. The van der Waals surface area contributed by atoms with E-state index in [1.165, 1.54) is 6.07 Å². The van der Waals surface area contributed by atoms with Crippen LogP contribution in [0.5, 0.6) is 0 Å². The highest BCUT2D eigenvalue weighted by molar-refractivity contribution is 6.08. The Morgan fingerprint density at radius 3 is 2.63 bits per heavy atom. The van der Waals surface area contributed by atoms with E-state index in [0.717, 1.165) is 5.56 Å². The average Bonchev–Trinajstić information content (AvgIpc) is 2.37. The molecule has 0 aliphatic carbocycles. The minimum absolute atomic E-state index is 0.188. The molecule has 19 heavy (non-hydrogen) atoms. The Bertz CT molecular complexity index is 618. The van der Waals surface area contributed by atoms with E-state index in [2.05, 4.69) is 5.32 Å². The van der Waals surface area contributed by atoms with E-state index in [0.29, 0.717) is 16.8 Å².